The van der Waals surface area contributed by atoms with Crippen molar-refractivity contribution in [2.24, 2.45) is 0 Å². The fourth-order valence-corrected chi connectivity index (χ4v) is 0.175. The summed E-state index contributed by atoms with van der Waals surface area (Å²) in [4.78, 5) is 9.56. The third kappa shape index (κ3) is 7.40. The second-order valence-corrected chi connectivity index (χ2v) is 1.21. The van der Waals surface area contributed by atoms with Crippen LogP contribution in [0.1, 0.15) is 27.2 Å². The maximum atomic E-state index is 11.7. The number of alkyl halides is 1. The number of carbonyl (C=O) groups is 1. The van der Waals surface area contributed by atoms with E-state index in [0.29, 0.717) is 0 Å². The van der Waals surface area contributed by atoms with Crippen molar-refractivity contribution in [3.05, 3.63) is 0 Å². The molecular weight excluding hydrogens is 123 g/mol. The van der Waals surface area contributed by atoms with Gasteiger partial charge in [-0.1, -0.05) is 20.8 Å². The molecule has 0 bridgehead atoms. The molecule has 0 amide bonds. The quantitative estimate of drug-likeness (QED) is 0.629. The molecule has 56 valence electrons. The van der Waals surface area contributed by atoms with E-state index in [1.54, 1.807) is 0 Å². The van der Waals surface area contributed by atoms with Crippen LogP contribution in [0.5, 0.6) is 0 Å². The topological polar surface area (TPSA) is 37.3 Å². The van der Waals surface area contributed by atoms with Gasteiger partial charge in [-0.05, 0) is 6.42 Å². The van der Waals surface area contributed by atoms with Gasteiger partial charge in [-0.2, -0.15) is 0 Å². The van der Waals surface area contributed by atoms with E-state index in [4.69, 9.17) is 5.11 Å². The Hall–Kier alpha value is -0.600. The van der Waals surface area contributed by atoms with Crippen LogP contribution >= 0.6 is 0 Å². The van der Waals surface area contributed by atoms with Crippen LogP contribution in [0.15, 0.2) is 0 Å². The predicted octanol–water partition coefficient (Wildman–Crippen LogP) is 1.85. The van der Waals surface area contributed by atoms with Crippen molar-refractivity contribution < 1.29 is 14.3 Å². The molecule has 0 aliphatic heterocycles. The Kier molecular flexibility index (Phi) is 9.23. The van der Waals surface area contributed by atoms with Crippen LogP contribution in [0.25, 0.3) is 0 Å². The van der Waals surface area contributed by atoms with Crippen LogP contribution in [0, 0.1) is 0 Å². The van der Waals surface area contributed by atoms with E-state index >= 15 is 0 Å². The summed E-state index contributed by atoms with van der Waals surface area (Å²) in [5.41, 5.74) is 0. The first-order chi connectivity index (χ1) is 4.18. The lowest BCUT2D eigenvalue weighted by Crippen LogP contribution is -2.11. The highest BCUT2D eigenvalue weighted by molar-refractivity contribution is 5.71. The van der Waals surface area contributed by atoms with Crippen LogP contribution in [-0.4, -0.2) is 17.2 Å². The van der Waals surface area contributed by atoms with Gasteiger partial charge >= 0.3 is 5.97 Å². The molecule has 0 aromatic heterocycles. The van der Waals surface area contributed by atoms with Crippen molar-refractivity contribution in [2.75, 3.05) is 0 Å². The largest absolute Gasteiger partial charge is 0.479 e. The lowest BCUT2D eigenvalue weighted by molar-refractivity contribution is -0.142. The van der Waals surface area contributed by atoms with Crippen LogP contribution in [0.4, 0.5) is 4.39 Å². The van der Waals surface area contributed by atoms with E-state index in [9.17, 15) is 9.18 Å². The van der Waals surface area contributed by atoms with Gasteiger partial charge in [-0.25, -0.2) is 9.18 Å². The summed E-state index contributed by atoms with van der Waals surface area (Å²) < 4.78 is 11.7. The molecule has 9 heavy (non-hydrogen) atoms. The number of hydrogen-bond acceptors (Lipinski definition) is 1. The Morgan fingerprint density at radius 3 is 2.00 bits per heavy atom. The fourth-order valence-electron chi connectivity index (χ4n) is 0.175. The first-order valence-electron chi connectivity index (χ1n) is 3.05. The number of aliphatic carboxylic acids is 1. The van der Waals surface area contributed by atoms with Crippen molar-refractivity contribution in [3.8, 4) is 0 Å². The van der Waals surface area contributed by atoms with E-state index in [1.807, 2.05) is 13.8 Å². The minimum Gasteiger partial charge on any atom is -0.479 e. The number of carboxylic acids is 1. The molecule has 0 rings (SSSR count). The standard InChI is InChI=1S/C4H7FO2.C2H6/c1-2-3(5)4(6)7;1-2/h3H,2H2,1H3,(H,6,7);1-2H3. The molecule has 0 heterocycles. The van der Waals surface area contributed by atoms with Gasteiger partial charge < -0.3 is 5.11 Å². The number of halogens is 1. The van der Waals surface area contributed by atoms with Gasteiger partial charge in [0.25, 0.3) is 0 Å². The molecule has 3 heteroatoms. The minimum absolute atomic E-state index is 0.0509. The highest BCUT2D eigenvalue weighted by atomic mass is 19.1. The highest BCUT2D eigenvalue weighted by Crippen LogP contribution is 1.93. The molecule has 0 aromatic carbocycles. The fraction of sp³-hybridized carbons (Fsp3) is 0.833. The summed E-state index contributed by atoms with van der Waals surface area (Å²) in [7, 11) is 0. The van der Waals surface area contributed by atoms with E-state index in [0.717, 1.165) is 0 Å². The summed E-state index contributed by atoms with van der Waals surface area (Å²) in [6.45, 7) is 5.48. The Morgan fingerprint density at radius 2 is 2.00 bits per heavy atom. The zero-order chi connectivity index (χ0) is 7.86. The Morgan fingerprint density at radius 1 is 1.67 bits per heavy atom. The highest BCUT2D eigenvalue weighted by Gasteiger charge is 2.10. The Labute approximate surface area is 54.7 Å². The third-order valence-corrected chi connectivity index (χ3v) is 0.626. The van der Waals surface area contributed by atoms with E-state index in [2.05, 4.69) is 0 Å². The summed E-state index contributed by atoms with van der Waals surface area (Å²) >= 11 is 0. The first kappa shape index (κ1) is 11.2. The Bertz CT molecular complexity index is 73.5. The first-order valence-corrected chi connectivity index (χ1v) is 3.05. The second kappa shape index (κ2) is 7.40. The van der Waals surface area contributed by atoms with E-state index < -0.39 is 12.1 Å². The normalized spacial score (nSPS) is 11.1. The van der Waals surface area contributed by atoms with E-state index in [-0.39, 0.29) is 6.42 Å². The molecule has 0 spiro atoms. The Balaban J connectivity index is 0. The molecule has 0 aromatic rings. The lowest BCUT2D eigenvalue weighted by Gasteiger charge is -1.92. The molecule has 0 radical (unpaired) electrons. The van der Waals surface area contributed by atoms with Gasteiger partial charge in [0.2, 0.25) is 0 Å². The third-order valence-electron chi connectivity index (χ3n) is 0.626. The predicted molar refractivity (Wildman–Crippen MR) is 34.2 cm³/mol. The number of rotatable bonds is 2. The van der Waals surface area contributed by atoms with Crippen molar-refractivity contribution in [2.45, 2.75) is 33.4 Å². The summed E-state index contributed by atoms with van der Waals surface area (Å²) in [6.07, 6.45) is -1.63. The molecule has 1 N–H and O–H groups in total. The number of hydrogen-bond donors (Lipinski definition) is 1. The van der Waals surface area contributed by atoms with Crippen molar-refractivity contribution in [3.63, 3.8) is 0 Å². The van der Waals surface area contributed by atoms with Crippen LogP contribution < -0.4 is 0 Å². The average molecular weight is 136 g/mol. The van der Waals surface area contributed by atoms with Crippen LogP contribution in [0.3, 0.4) is 0 Å². The van der Waals surface area contributed by atoms with E-state index in [1.165, 1.54) is 6.92 Å². The van der Waals surface area contributed by atoms with Crippen molar-refractivity contribution in [1.82, 2.24) is 0 Å². The smallest absolute Gasteiger partial charge is 0.338 e. The molecule has 0 saturated heterocycles. The van der Waals surface area contributed by atoms with Crippen LogP contribution in [-0.2, 0) is 4.79 Å². The summed E-state index contributed by atoms with van der Waals surface area (Å²) in [5, 5.41) is 7.81. The minimum atomic E-state index is -1.68. The van der Waals surface area contributed by atoms with Gasteiger partial charge in [0, 0.05) is 0 Å². The molecule has 1 unspecified atom stereocenters. The summed E-state index contributed by atoms with van der Waals surface area (Å²) in [5.74, 6) is -1.37. The molecule has 0 aliphatic carbocycles. The molecular formula is C6H13FO2. The zero-order valence-corrected chi connectivity index (χ0v) is 6.02. The maximum absolute atomic E-state index is 11.7. The SMILES string of the molecule is CC.CCC(F)C(=O)O. The maximum Gasteiger partial charge on any atom is 0.338 e. The molecule has 0 aliphatic rings. The average Bonchev–Trinajstić information content (AvgIpc) is 1.91. The molecule has 1 atom stereocenters. The number of carboxylic acid groups (broad SMARTS) is 1. The molecule has 0 saturated carbocycles. The van der Waals surface area contributed by atoms with Crippen LogP contribution in [0.2, 0.25) is 0 Å². The second-order valence-electron chi connectivity index (χ2n) is 1.21. The van der Waals surface area contributed by atoms with Gasteiger partial charge in [-0.15, -0.1) is 0 Å². The lowest BCUT2D eigenvalue weighted by atomic mass is 10.3. The van der Waals surface area contributed by atoms with Crippen molar-refractivity contribution in [1.29, 1.82) is 0 Å². The van der Waals surface area contributed by atoms with Gasteiger partial charge in [-0.3, -0.25) is 0 Å². The monoisotopic (exact) mass is 136 g/mol. The van der Waals surface area contributed by atoms with Gasteiger partial charge in [0.1, 0.15) is 0 Å². The van der Waals surface area contributed by atoms with Gasteiger partial charge in [0.05, 0.1) is 0 Å². The zero-order valence-electron chi connectivity index (χ0n) is 6.02. The van der Waals surface area contributed by atoms with Crippen molar-refractivity contribution >= 4 is 5.97 Å². The molecule has 2 nitrogen and oxygen atoms in total. The summed E-state index contributed by atoms with van der Waals surface area (Å²) in [6, 6.07) is 0. The molecule has 0 fully saturated rings. The van der Waals surface area contributed by atoms with Gasteiger partial charge in [0.15, 0.2) is 6.17 Å².